The highest BCUT2D eigenvalue weighted by Gasteiger charge is 2.25. The highest BCUT2D eigenvalue weighted by molar-refractivity contribution is 6.30. The third-order valence-electron chi connectivity index (χ3n) is 5.70. The number of nitrogens with one attached hydrogen (secondary N) is 1. The molecule has 0 saturated heterocycles. The van der Waals surface area contributed by atoms with Gasteiger partial charge in [-0.3, -0.25) is 9.36 Å². The maximum atomic E-state index is 13.4. The summed E-state index contributed by atoms with van der Waals surface area (Å²) < 4.78 is 12.5. The lowest BCUT2D eigenvalue weighted by atomic mass is 10.2. The molecule has 0 fully saturated rings. The van der Waals surface area contributed by atoms with Crippen LogP contribution in [0.4, 0.5) is 5.82 Å². The number of carbonyl (C=O) groups is 1. The molecule has 3 N–H and O–H groups in total. The zero-order valence-corrected chi connectivity index (χ0v) is 18.5. The van der Waals surface area contributed by atoms with Crippen LogP contribution in [0, 0.1) is 0 Å². The summed E-state index contributed by atoms with van der Waals surface area (Å²) in [5.41, 5.74) is 10.7. The molecule has 168 valence electrons. The zero-order valence-electron chi connectivity index (χ0n) is 17.8. The number of carbonyl (C=O) groups excluding carboxylic acids is 1. The highest BCUT2D eigenvalue weighted by atomic mass is 35.5. The van der Waals surface area contributed by atoms with E-state index < -0.39 is 0 Å². The van der Waals surface area contributed by atoms with Crippen molar-refractivity contribution >= 4 is 45.5 Å². The van der Waals surface area contributed by atoms with E-state index in [1.807, 2.05) is 54.6 Å². The van der Waals surface area contributed by atoms with E-state index in [1.165, 1.54) is 0 Å². The predicted octanol–water partition coefficient (Wildman–Crippen LogP) is 4.47. The Balaban J connectivity index is 1.44. The van der Waals surface area contributed by atoms with E-state index in [2.05, 4.69) is 5.32 Å². The Hall–Kier alpha value is -4.30. The van der Waals surface area contributed by atoms with Crippen LogP contribution in [-0.4, -0.2) is 27.2 Å². The Bertz CT molecular complexity index is 1580. The number of anilines is 1. The van der Waals surface area contributed by atoms with Gasteiger partial charge in [-0.05, 0) is 54.1 Å². The number of halogens is 1. The lowest BCUT2D eigenvalue weighted by Gasteiger charge is -2.09. The molecule has 6 rings (SSSR count). The molecular weight excluding hydrogens is 454 g/mol. The van der Waals surface area contributed by atoms with Crippen LogP contribution in [0.5, 0.6) is 11.5 Å². The molecule has 0 aliphatic carbocycles. The lowest BCUT2D eigenvalue weighted by Crippen LogP contribution is -2.24. The number of nitrogen functional groups attached to an aromatic ring is 1. The second kappa shape index (κ2) is 7.93. The van der Waals surface area contributed by atoms with Crippen LogP contribution < -0.4 is 20.5 Å². The van der Waals surface area contributed by atoms with Crippen molar-refractivity contribution in [3.8, 4) is 17.2 Å². The molecule has 1 aliphatic rings. The summed E-state index contributed by atoms with van der Waals surface area (Å²) in [4.78, 5) is 22.9. The van der Waals surface area contributed by atoms with Crippen molar-refractivity contribution in [3.63, 3.8) is 0 Å². The summed E-state index contributed by atoms with van der Waals surface area (Å²) in [5, 5.41) is 3.54. The Morgan fingerprint density at radius 1 is 1.00 bits per heavy atom. The molecule has 0 spiro atoms. The molecule has 0 bridgehead atoms. The van der Waals surface area contributed by atoms with Gasteiger partial charge in [-0.1, -0.05) is 29.8 Å². The van der Waals surface area contributed by atoms with Crippen molar-refractivity contribution in [2.24, 2.45) is 0 Å². The predicted molar refractivity (Wildman–Crippen MR) is 130 cm³/mol. The first kappa shape index (κ1) is 20.3. The summed E-state index contributed by atoms with van der Waals surface area (Å²) in [6, 6.07) is 20.2. The minimum Gasteiger partial charge on any atom is -0.454 e. The van der Waals surface area contributed by atoms with E-state index in [0.717, 1.165) is 11.3 Å². The monoisotopic (exact) mass is 471 g/mol. The minimum atomic E-state index is -0.350. The van der Waals surface area contributed by atoms with Crippen LogP contribution in [0.2, 0.25) is 5.02 Å². The Labute approximate surface area is 198 Å². The fourth-order valence-electron chi connectivity index (χ4n) is 4.06. The molecule has 5 aromatic rings. The molecule has 1 amide bonds. The summed E-state index contributed by atoms with van der Waals surface area (Å²) in [6.45, 7) is 0.474. The van der Waals surface area contributed by atoms with Gasteiger partial charge in [0.1, 0.15) is 16.9 Å². The van der Waals surface area contributed by atoms with Gasteiger partial charge < -0.3 is 20.5 Å². The van der Waals surface area contributed by atoms with E-state index in [0.29, 0.717) is 38.7 Å². The normalized spacial score (nSPS) is 12.4. The highest BCUT2D eigenvalue weighted by Crippen LogP contribution is 2.33. The van der Waals surface area contributed by atoms with Crippen molar-refractivity contribution in [2.45, 2.75) is 6.54 Å². The number of ether oxygens (including phenoxy) is 2. The Morgan fingerprint density at radius 2 is 1.74 bits per heavy atom. The number of amides is 1. The summed E-state index contributed by atoms with van der Waals surface area (Å²) in [7, 11) is 0. The van der Waals surface area contributed by atoms with Crippen molar-refractivity contribution in [3.05, 3.63) is 82.9 Å². The van der Waals surface area contributed by atoms with Crippen LogP contribution in [-0.2, 0) is 6.54 Å². The third-order valence-corrected chi connectivity index (χ3v) is 5.95. The zero-order chi connectivity index (χ0) is 23.2. The van der Waals surface area contributed by atoms with Gasteiger partial charge in [-0.15, -0.1) is 0 Å². The number of fused-ring (bicyclic) bond motifs is 3. The number of rotatable bonds is 4. The standard InChI is InChI=1S/C25H18ClN5O3/c26-15-6-8-16(9-7-15)31-23(27)21(22-24(31)30-18-4-2-1-3-17(18)29-22)25(32)28-12-14-5-10-19-20(11-14)34-13-33-19/h1-11H,12-13,27H2,(H,28,32). The van der Waals surface area contributed by atoms with Gasteiger partial charge in [0, 0.05) is 17.3 Å². The van der Waals surface area contributed by atoms with Crippen LogP contribution in [0.15, 0.2) is 66.7 Å². The first-order valence-corrected chi connectivity index (χ1v) is 11.0. The smallest absolute Gasteiger partial charge is 0.257 e. The number of hydrogen-bond donors (Lipinski definition) is 2. The SMILES string of the molecule is Nc1c(C(=O)NCc2ccc3c(c2)OCO3)c2nc3ccccc3nc2n1-c1ccc(Cl)cc1. The average Bonchev–Trinajstić information content (AvgIpc) is 3.43. The molecule has 3 aromatic carbocycles. The second-order valence-corrected chi connectivity index (χ2v) is 8.26. The first-order chi connectivity index (χ1) is 16.6. The van der Waals surface area contributed by atoms with E-state index in [9.17, 15) is 4.79 Å². The topological polar surface area (TPSA) is 104 Å². The minimum absolute atomic E-state index is 0.193. The van der Waals surface area contributed by atoms with E-state index in [4.69, 9.17) is 36.8 Å². The second-order valence-electron chi connectivity index (χ2n) is 7.83. The molecule has 34 heavy (non-hydrogen) atoms. The molecule has 2 aromatic heterocycles. The first-order valence-electron chi connectivity index (χ1n) is 10.6. The van der Waals surface area contributed by atoms with Crippen molar-refractivity contribution in [1.82, 2.24) is 19.9 Å². The molecule has 3 heterocycles. The molecule has 0 radical (unpaired) electrons. The summed E-state index contributed by atoms with van der Waals surface area (Å²) in [6.07, 6.45) is 0. The van der Waals surface area contributed by atoms with Gasteiger partial charge in [0.05, 0.1) is 11.0 Å². The van der Waals surface area contributed by atoms with Crippen LogP contribution in [0.3, 0.4) is 0 Å². The van der Waals surface area contributed by atoms with Gasteiger partial charge >= 0.3 is 0 Å². The summed E-state index contributed by atoms with van der Waals surface area (Å²) in [5.74, 6) is 1.24. The molecule has 9 heteroatoms. The molecule has 1 aliphatic heterocycles. The number of hydrogen-bond acceptors (Lipinski definition) is 6. The molecule has 8 nitrogen and oxygen atoms in total. The van der Waals surface area contributed by atoms with Gasteiger partial charge in [-0.25, -0.2) is 9.97 Å². The van der Waals surface area contributed by atoms with Gasteiger partial charge in [0.15, 0.2) is 17.1 Å². The van der Waals surface area contributed by atoms with Crippen LogP contribution >= 0.6 is 11.6 Å². The number of nitrogens with zero attached hydrogens (tertiary/aromatic N) is 3. The van der Waals surface area contributed by atoms with E-state index in [1.54, 1.807) is 16.7 Å². The average molecular weight is 472 g/mol. The van der Waals surface area contributed by atoms with Gasteiger partial charge in [0.2, 0.25) is 6.79 Å². The van der Waals surface area contributed by atoms with E-state index >= 15 is 0 Å². The van der Waals surface area contributed by atoms with Crippen LogP contribution in [0.25, 0.3) is 27.9 Å². The van der Waals surface area contributed by atoms with Crippen molar-refractivity contribution in [1.29, 1.82) is 0 Å². The van der Waals surface area contributed by atoms with Gasteiger partial charge in [0.25, 0.3) is 5.91 Å². The third kappa shape index (κ3) is 3.36. The van der Waals surface area contributed by atoms with Gasteiger partial charge in [-0.2, -0.15) is 0 Å². The quantitative estimate of drug-likeness (QED) is 0.401. The molecule has 0 saturated carbocycles. The maximum absolute atomic E-state index is 13.4. The molecule has 0 unspecified atom stereocenters. The fourth-order valence-corrected chi connectivity index (χ4v) is 4.18. The molecular formula is C25H18ClN5O3. The lowest BCUT2D eigenvalue weighted by molar-refractivity contribution is 0.0953. The number of aromatic nitrogens is 3. The number of benzene rings is 3. The number of para-hydroxylation sites is 2. The number of nitrogens with two attached hydrogens (primary N) is 1. The maximum Gasteiger partial charge on any atom is 0.257 e. The Morgan fingerprint density at radius 3 is 2.53 bits per heavy atom. The molecule has 0 atom stereocenters. The van der Waals surface area contributed by atoms with E-state index in [-0.39, 0.29) is 30.6 Å². The van der Waals surface area contributed by atoms with Crippen molar-refractivity contribution < 1.29 is 14.3 Å². The Kier molecular flexibility index (Phi) is 4.74. The fraction of sp³-hybridized carbons (Fsp3) is 0.0800. The van der Waals surface area contributed by atoms with Crippen LogP contribution in [0.1, 0.15) is 15.9 Å². The van der Waals surface area contributed by atoms with Crippen molar-refractivity contribution in [2.75, 3.05) is 12.5 Å². The summed E-state index contributed by atoms with van der Waals surface area (Å²) >= 11 is 6.08. The largest absolute Gasteiger partial charge is 0.454 e.